The van der Waals surface area contributed by atoms with Gasteiger partial charge in [0.15, 0.2) is 5.13 Å². The summed E-state index contributed by atoms with van der Waals surface area (Å²) in [4.78, 5) is 29.1. The normalized spacial score (nSPS) is 10.7. The van der Waals surface area contributed by atoms with Crippen molar-refractivity contribution in [3.63, 3.8) is 0 Å². The lowest BCUT2D eigenvalue weighted by atomic mass is 10.1. The number of carbonyl (C=O) groups is 1. The van der Waals surface area contributed by atoms with Crippen LogP contribution in [0.1, 0.15) is 10.4 Å². The quantitative estimate of drug-likeness (QED) is 0.539. The molecule has 4 rings (SSSR count). The molecular weight excluding hydrogens is 364 g/mol. The van der Waals surface area contributed by atoms with Crippen LogP contribution >= 0.6 is 11.3 Å². The Bertz CT molecular complexity index is 1200. The molecule has 0 bridgehead atoms. The molecular formula is C20H14N2O4S. The van der Waals surface area contributed by atoms with Crippen LogP contribution in [0.3, 0.4) is 0 Å². The Labute approximate surface area is 158 Å². The molecule has 6 nitrogen and oxygen atoms in total. The Morgan fingerprint density at radius 1 is 1.15 bits per heavy atom. The summed E-state index contributed by atoms with van der Waals surface area (Å²) in [5, 5.41) is 5.53. The molecule has 2 aromatic heterocycles. The topological polar surface area (TPSA) is 81.4 Å². The smallest absolute Gasteiger partial charge is 0.349 e. The lowest BCUT2D eigenvalue weighted by Gasteiger charge is -2.05. The van der Waals surface area contributed by atoms with Gasteiger partial charge >= 0.3 is 5.63 Å². The number of hydrogen-bond donors (Lipinski definition) is 1. The molecule has 0 aliphatic carbocycles. The average Bonchev–Trinajstić information content (AvgIpc) is 3.15. The van der Waals surface area contributed by atoms with Crippen LogP contribution in [-0.4, -0.2) is 18.0 Å². The van der Waals surface area contributed by atoms with Gasteiger partial charge in [-0.15, -0.1) is 11.3 Å². The summed E-state index contributed by atoms with van der Waals surface area (Å²) in [5.74, 6) is 0.131. The van der Waals surface area contributed by atoms with Crippen molar-refractivity contribution < 1.29 is 13.9 Å². The molecule has 2 aromatic carbocycles. The number of nitrogens with one attached hydrogen (secondary N) is 1. The van der Waals surface area contributed by atoms with E-state index in [0.717, 1.165) is 5.56 Å². The van der Waals surface area contributed by atoms with Crippen molar-refractivity contribution in [1.29, 1.82) is 0 Å². The number of ether oxygens (including phenoxy) is 1. The first-order chi connectivity index (χ1) is 13.2. The number of para-hydroxylation sites is 2. The van der Waals surface area contributed by atoms with E-state index in [0.29, 0.717) is 27.5 Å². The molecule has 0 aliphatic rings. The number of carbonyl (C=O) groups excluding carboxylic acids is 1. The fourth-order valence-electron chi connectivity index (χ4n) is 2.70. The van der Waals surface area contributed by atoms with Crippen molar-refractivity contribution in [2.75, 3.05) is 12.4 Å². The molecule has 0 spiro atoms. The van der Waals surface area contributed by atoms with Crippen molar-refractivity contribution in [3.05, 3.63) is 76.0 Å². The number of nitrogens with zero attached hydrogens (tertiary/aromatic N) is 1. The molecule has 4 aromatic rings. The van der Waals surface area contributed by atoms with Crippen LogP contribution in [0.4, 0.5) is 5.13 Å². The van der Waals surface area contributed by atoms with Gasteiger partial charge in [0.2, 0.25) is 0 Å². The number of anilines is 1. The number of aromatic nitrogens is 1. The summed E-state index contributed by atoms with van der Waals surface area (Å²) >= 11 is 1.26. The Hall–Kier alpha value is -3.45. The van der Waals surface area contributed by atoms with E-state index in [9.17, 15) is 9.59 Å². The van der Waals surface area contributed by atoms with Crippen LogP contribution < -0.4 is 15.7 Å². The first-order valence-corrected chi connectivity index (χ1v) is 8.97. The second kappa shape index (κ2) is 7.05. The van der Waals surface area contributed by atoms with Gasteiger partial charge in [-0.25, -0.2) is 9.78 Å². The van der Waals surface area contributed by atoms with E-state index in [-0.39, 0.29) is 5.56 Å². The fourth-order valence-corrected chi connectivity index (χ4v) is 3.40. The second-order valence-corrected chi connectivity index (χ2v) is 6.54. The third-order valence-corrected chi connectivity index (χ3v) is 4.75. The summed E-state index contributed by atoms with van der Waals surface area (Å²) in [6.45, 7) is 0. The van der Waals surface area contributed by atoms with Crippen LogP contribution in [0, 0.1) is 0 Å². The number of hydrogen-bond acceptors (Lipinski definition) is 6. The molecule has 27 heavy (non-hydrogen) atoms. The maximum absolute atomic E-state index is 12.5. The third kappa shape index (κ3) is 3.32. The molecule has 7 heteroatoms. The summed E-state index contributed by atoms with van der Waals surface area (Å²) in [6.07, 6.45) is 0. The minimum atomic E-state index is -0.687. The number of methoxy groups -OCH3 is 1. The minimum absolute atomic E-state index is 0.0669. The van der Waals surface area contributed by atoms with Gasteiger partial charge in [-0.05, 0) is 24.3 Å². The van der Waals surface area contributed by atoms with E-state index in [1.165, 1.54) is 17.4 Å². The zero-order valence-corrected chi connectivity index (χ0v) is 15.1. The van der Waals surface area contributed by atoms with Crippen molar-refractivity contribution in [1.82, 2.24) is 4.98 Å². The highest BCUT2D eigenvalue weighted by Crippen LogP contribution is 2.32. The van der Waals surface area contributed by atoms with E-state index in [4.69, 9.17) is 9.15 Å². The SMILES string of the molecule is COc1ccccc1-c1csc(NC(=O)c2cc3ccccc3oc2=O)n1. The second-order valence-electron chi connectivity index (χ2n) is 5.68. The Kier molecular flexibility index (Phi) is 4.43. The number of fused-ring (bicyclic) bond motifs is 1. The Balaban J connectivity index is 1.62. The van der Waals surface area contributed by atoms with Crippen molar-refractivity contribution in [3.8, 4) is 17.0 Å². The average molecular weight is 378 g/mol. The molecule has 0 unspecified atom stereocenters. The first-order valence-electron chi connectivity index (χ1n) is 8.09. The highest BCUT2D eigenvalue weighted by Gasteiger charge is 2.16. The van der Waals surface area contributed by atoms with Crippen LogP contribution in [-0.2, 0) is 0 Å². The molecule has 0 saturated heterocycles. The van der Waals surface area contributed by atoms with Gasteiger partial charge in [0, 0.05) is 16.3 Å². The maximum atomic E-state index is 12.5. The lowest BCUT2D eigenvalue weighted by molar-refractivity contribution is 0.102. The van der Waals surface area contributed by atoms with E-state index in [1.807, 2.05) is 35.7 Å². The molecule has 1 N–H and O–H groups in total. The lowest BCUT2D eigenvalue weighted by Crippen LogP contribution is -2.20. The van der Waals surface area contributed by atoms with Gasteiger partial charge in [0.05, 0.1) is 12.8 Å². The fraction of sp³-hybridized carbons (Fsp3) is 0.0500. The summed E-state index contributed by atoms with van der Waals surface area (Å²) in [5.41, 5.74) is 1.18. The van der Waals surface area contributed by atoms with Gasteiger partial charge in [-0.3, -0.25) is 10.1 Å². The van der Waals surface area contributed by atoms with Gasteiger partial charge in [0.1, 0.15) is 16.9 Å². The number of rotatable bonds is 4. The van der Waals surface area contributed by atoms with Gasteiger partial charge < -0.3 is 9.15 Å². The number of benzene rings is 2. The zero-order chi connectivity index (χ0) is 18.8. The molecule has 0 radical (unpaired) electrons. The first kappa shape index (κ1) is 17.0. The van der Waals surface area contributed by atoms with Gasteiger partial charge in [0.25, 0.3) is 5.91 Å². The predicted molar refractivity (Wildman–Crippen MR) is 105 cm³/mol. The van der Waals surface area contributed by atoms with Crippen LogP contribution in [0.2, 0.25) is 0 Å². The molecule has 0 aliphatic heterocycles. The van der Waals surface area contributed by atoms with Crippen LogP contribution in [0.25, 0.3) is 22.2 Å². The van der Waals surface area contributed by atoms with E-state index >= 15 is 0 Å². The number of thiazole rings is 1. The van der Waals surface area contributed by atoms with Crippen molar-refractivity contribution in [2.24, 2.45) is 0 Å². The van der Waals surface area contributed by atoms with Crippen LogP contribution in [0.15, 0.2) is 69.2 Å². The van der Waals surface area contributed by atoms with Crippen molar-refractivity contribution >= 4 is 33.3 Å². The molecule has 0 saturated carbocycles. The zero-order valence-electron chi connectivity index (χ0n) is 14.3. The molecule has 1 amide bonds. The monoisotopic (exact) mass is 378 g/mol. The molecule has 0 fully saturated rings. The largest absolute Gasteiger partial charge is 0.496 e. The minimum Gasteiger partial charge on any atom is -0.496 e. The molecule has 2 heterocycles. The Morgan fingerprint density at radius 3 is 2.78 bits per heavy atom. The van der Waals surface area contributed by atoms with E-state index in [2.05, 4.69) is 10.3 Å². The predicted octanol–water partition coefficient (Wildman–Crippen LogP) is 4.18. The van der Waals surface area contributed by atoms with Crippen LogP contribution in [0.5, 0.6) is 5.75 Å². The summed E-state index contributed by atoms with van der Waals surface area (Å²) < 4.78 is 10.5. The highest BCUT2D eigenvalue weighted by molar-refractivity contribution is 7.14. The number of amides is 1. The van der Waals surface area contributed by atoms with E-state index in [1.54, 1.807) is 25.3 Å². The summed E-state index contributed by atoms with van der Waals surface area (Å²) in [6, 6.07) is 16.0. The highest BCUT2D eigenvalue weighted by atomic mass is 32.1. The molecule has 0 atom stereocenters. The van der Waals surface area contributed by atoms with E-state index < -0.39 is 11.5 Å². The van der Waals surface area contributed by atoms with Gasteiger partial charge in [-0.1, -0.05) is 30.3 Å². The Morgan fingerprint density at radius 2 is 1.93 bits per heavy atom. The standard InChI is InChI=1S/C20H14N2O4S/c1-25-17-9-5-3-7-13(17)15-11-27-20(21-15)22-18(23)14-10-12-6-2-4-8-16(12)26-19(14)24/h2-11H,1H3,(H,21,22,23). The third-order valence-electron chi connectivity index (χ3n) is 3.99. The maximum Gasteiger partial charge on any atom is 0.349 e. The molecule has 134 valence electrons. The van der Waals surface area contributed by atoms with Crippen molar-refractivity contribution in [2.45, 2.75) is 0 Å². The summed E-state index contributed by atoms with van der Waals surface area (Å²) in [7, 11) is 1.59. The van der Waals surface area contributed by atoms with Gasteiger partial charge in [-0.2, -0.15) is 0 Å².